The Bertz CT molecular complexity index is 223. The lowest BCUT2D eigenvalue weighted by Gasteiger charge is -2.20. The fraction of sp³-hybridized carbons (Fsp3) is 0.667. The van der Waals surface area contributed by atoms with Gasteiger partial charge in [0.2, 0.25) is 0 Å². The fourth-order valence-corrected chi connectivity index (χ4v) is 2.01. The zero-order valence-electron chi connectivity index (χ0n) is 8.88. The molecule has 0 spiro atoms. The van der Waals surface area contributed by atoms with Crippen LogP contribution in [0.4, 0.5) is 0 Å². The first kappa shape index (κ1) is 10.5. The van der Waals surface area contributed by atoms with Crippen LogP contribution < -0.4 is 0 Å². The summed E-state index contributed by atoms with van der Waals surface area (Å²) in [5.41, 5.74) is 1.65. The van der Waals surface area contributed by atoms with E-state index in [0.29, 0.717) is 0 Å². The van der Waals surface area contributed by atoms with Crippen molar-refractivity contribution >= 4 is 0 Å². The maximum Gasteiger partial charge on any atom is 0.0726 e. The molecular formula is C12H20O. The molecule has 0 bridgehead atoms. The van der Waals surface area contributed by atoms with Crippen LogP contribution in [0.2, 0.25) is 0 Å². The molecule has 0 aliphatic heterocycles. The molecule has 0 amide bonds. The lowest BCUT2D eigenvalue weighted by Crippen LogP contribution is -2.07. The molecule has 0 radical (unpaired) electrons. The number of rotatable bonds is 3. The van der Waals surface area contributed by atoms with Gasteiger partial charge in [-0.05, 0) is 31.6 Å². The molecule has 0 aromatic carbocycles. The highest BCUT2D eigenvalue weighted by atomic mass is 16.3. The van der Waals surface area contributed by atoms with Crippen LogP contribution in [-0.4, -0.2) is 11.2 Å². The number of hydrogen-bond acceptors (Lipinski definition) is 1. The molecule has 0 heterocycles. The Balaban J connectivity index is 2.53. The van der Waals surface area contributed by atoms with Crippen LogP contribution in [0.25, 0.3) is 0 Å². The average molecular weight is 180 g/mol. The smallest absolute Gasteiger partial charge is 0.0726 e. The molecule has 1 unspecified atom stereocenters. The van der Waals surface area contributed by atoms with Gasteiger partial charge in [0.1, 0.15) is 0 Å². The molecule has 1 N–H and O–H groups in total. The molecule has 1 rings (SSSR count). The van der Waals surface area contributed by atoms with E-state index in [0.717, 1.165) is 19.3 Å². The maximum atomic E-state index is 9.33. The van der Waals surface area contributed by atoms with Gasteiger partial charge in [-0.1, -0.05) is 37.6 Å². The molecule has 1 atom stereocenters. The largest absolute Gasteiger partial charge is 0.389 e. The van der Waals surface area contributed by atoms with Crippen molar-refractivity contribution in [3.05, 3.63) is 23.8 Å². The molecule has 1 aliphatic carbocycles. The molecule has 0 saturated heterocycles. The van der Waals surface area contributed by atoms with Crippen LogP contribution in [0.5, 0.6) is 0 Å². The van der Waals surface area contributed by atoms with Crippen molar-refractivity contribution in [3.63, 3.8) is 0 Å². The van der Waals surface area contributed by atoms with Crippen LogP contribution in [0, 0.1) is 5.41 Å². The second kappa shape index (κ2) is 4.10. The predicted molar refractivity (Wildman–Crippen MR) is 56.5 cm³/mol. The first-order valence-corrected chi connectivity index (χ1v) is 5.05. The highest BCUT2D eigenvalue weighted by molar-refractivity contribution is 5.15. The first-order valence-electron chi connectivity index (χ1n) is 5.05. The van der Waals surface area contributed by atoms with Crippen LogP contribution in [0.1, 0.15) is 40.0 Å². The van der Waals surface area contributed by atoms with Crippen LogP contribution in [0.15, 0.2) is 23.8 Å². The Morgan fingerprint density at radius 3 is 2.77 bits per heavy atom. The Hall–Kier alpha value is -0.560. The Labute approximate surface area is 81.2 Å². The SMILES string of the molecule is CC=CC(C)(C)CC1=CC(O)CC1. The minimum absolute atomic E-state index is 0.184. The first-order chi connectivity index (χ1) is 6.03. The molecule has 1 heteroatoms. The Morgan fingerprint density at radius 1 is 1.62 bits per heavy atom. The third kappa shape index (κ3) is 3.35. The Morgan fingerprint density at radius 2 is 2.31 bits per heavy atom. The van der Waals surface area contributed by atoms with Crippen molar-refractivity contribution < 1.29 is 5.11 Å². The van der Waals surface area contributed by atoms with E-state index in [1.165, 1.54) is 5.57 Å². The zero-order chi connectivity index (χ0) is 9.90. The van der Waals surface area contributed by atoms with E-state index in [4.69, 9.17) is 0 Å². The van der Waals surface area contributed by atoms with Gasteiger partial charge in [0.15, 0.2) is 0 Å². The van der Waals surface area contributed by atoms with E-state index in [9.17, 15) is 5.11 Å². The predicted octanol–water partition coefficient (Wildman–Crippen LogP) is 3.06. The summed E-state index contributed by atoms with van der Waals surface area (Å²) in [6.07, 6.45) is 9.24. The van der Waals surface area contributed by atoms with Crippen LogP contribution in [0.3, 0.4) is 0 Å². The van der Waals surface area contributed by atoms with Crippen LogP contribution >= 0.6 is 0 Å². The fourth-order valence-electron chi connectivity index (χ4n) is 2.01. The summed E-state index contributed by atoms with van der Waals surface area (Å²) < 4.78 is 0. The standard InChI is InChI=1S/C12H20O/c1-4-7-12(2,3)9-10-5-6-11(13)8-10/h4,7-8,11,13H,5-6,9H2,1-3H3. The van der Waals surface area contributed by atoms with Gasteiger partial charge in [0, 0.05) is 0 Å². The van der Waals surface area contributed by atoms with Gasteiger partial charge in [-0.2, -0.15) is 0 Å². The van der Waals surface area contributed by atoms with Crippen molar-refractivity contribution in [2.45, 2.75) is 46.1 Å². The molecule has 13 heavy (non-hydrogen) atoms. The van der Waals surface area contributed by atoms with Gasteiger partial charge in [-0.15, -0.1) is 0 Å². The summed E-state index contributed by atoms with van der Waals surface area (Å²) in [4.78, 5) is 0. The van der Waals surface area contributed by atoms with Gasteiger partial charge in [-0.25, -0.2) is 0 Å². The molecule has 0 aromatic heterocycles. The summed E-state index contributed by atoms with van der Waals surface area (Å²) in [6, 6.07) is 0. The lowest BCUT2D eigenvalue weighted by molar-refractivity contribution is 0.223. The molecule has 0 fully saturated rings. The van der Waals surface area contributed by atoms with E-state index < -0.39 is 0 Å². The van der Waals surface area contributed by atoms with Crippen molar-refractivity contribution in [1.29, 1.82) is 0 Å². The van der Waals surface area contributed by atoms with Crippen molar-refractivity contribution in [1.82, 2.24) is 0 Å². The zero-order valence-corrected chi connectivity index (χ0v) is 8.88. The molecular weight excluding hydrogens is 160 g/mol. The number of allylic oxidation sites excluding steroid dienone is 3. The summed E-state index contributed by atoms with van der Waals surface area (Å²) in [7, 11) is 0. The molecule has 1 nitrogen and oxygen atoms in total. The summed E-state index contributed by atoms with van der Waals surface area (Å²) >= 11 is 0. The van der Waals surface area contributed by atoms with E-state index in [2.05, 4.69) is 32.9 Å². The quantitative estimate of drug-likeness (QED) is 0.662. The number of aliphatic hydroxyl groups excluding tert-OH is 1. The van der Waals surface area contributed by atoms with Crippen molar-refractivity contribution in [2.24, 2.45) is 5.41 Å². The van der Waals surface area contributed by atoms with Gasteiger partial charge in [0.05, 0.1) is 6.10 Å². The van der Waals surface area contributed by atoms with E-state index in [1.807, 2.05) is 6.08 Å². The lowest BCUT2D eigenvalue weighted by atomic mass is 9.85. The summed E-state index contributed by atoms with van der Waals surface area (Å²) in [5.74, 6) is 0. The monoisotopic (exact) mass is 180 g/mol. The van der Waals surface area contributed by atoms with Gasteiger partial charge < -0.3 is 5.11 Å². The molecule has 0 saturated carbocycles. The highest BCUT2D eigenvalue weighted by Gasteiger charge is 2.20. The third-order valence-corrected chi connectivity index (χ3v) is 2.49. The second-order valence-corrected chi connectivity index (χ2v) is 4.60. The Kier molecular flexibility index (Phi) is 3.32. The average Bonchev–Trinajstić information content (AvgIpc) is 2.34. The van der Waals surface area contributed by atoms with Crippen LogP contribution in [-0.2, 0) is 0 Å². The minimum atomic E-state index is -0.184. The normalized spacial score (nSPS) is 24.0. The second-order valence-electron chi connectivity index (χ2n) is 4.60. The van der Waals surface area contributed by atoms with Crippen molar-refractivity contribution in [3.8, 4) is 0 Å². The van der Waals surface area contributed by atoms with Crippen molar-refractivity contribution in [2.75, 3.05) is 0 Å². The van der Waals surface area contributed by atoms with E-state index >= 15 is 0 Å². The maximum absolute atomic E-state index is 9.33. The topological polar surface area (TPSA) is 20.2 Å². The molecule has 0 aromatic rings. The number of hydrogen-bond donors (Lipinski definition) is 1. The van der Waals surface area contributed by atoms with E-state index in [-0.39, 0.29) is 11.5 Å². The highest BCUT2D eigenvalue weighted by Crippen LogP contribution is 2.32. The van der Waals surface area contributed by atoms with Gasteiger partial charge >= 0.3 is 0 Å². The molecule has 1 aliphatic rings. The van der Waals surface area contributed by atoms with Gasteiger partial charge in [0.25, 0.3) is 0 Å². The minimum Gasteiger partial charge on any atom is -0.389 e. The summed E-state index contributed by atoms with van der Waals surface area (Å²) in [5, 5.41) is 9.33. The summed E-state index contributed by atoms with van der Waals surface area (Å²) in [6.45, 7) is 6.52. The molecule has 74 valence electrons. The van der Waals surface area contributed by atoms with E-state index in [1.54, 1.807) is 0 Å². The number of aliphatic hydroxyl groups is 1. The van der Waals surface area contributed by atoms with Gasteiger partial charge in [-0.3, -0.25) is 0 Å². The third-order valence-electron chi connectivity index (χ3n) is 2.49.